The summed E-state index contributed by atoms with van der Waals surface area (Å²) < 4.78 is 0. The van der Waals surface area contributed by atoms with Crippen LogP contribution in [-0.2, 0) is 24.0 Å². The Balaban J connectivity index is -0.000000338. The van der Waals surface area contributed by atoms with Crippen LogP contribution in [0.15, 0.2) is 48.6 Å². The number of hydrogen-bond acceptors (Lipinski definition) is 5. The molecule has 0 aliphatic carbocycles. The molecule has 5 heteroatoms. The molecule has 0 aliphatic rings. The van der Waals surface area contributed by atoms with E-state index in [-0.39, 0.29) is 23.7 Å². The summed E-state index contributed by atoms with van der Waals surface area (Å²) >= 11 is 0. The van der Waals surface area contributed by atoms with Gasteiger partial charge in [0, 0.05) is 55.8 Å². The molecule has 0 spiro atoms. The number of carbonyl (C=O) groups is 5. The Labute approximate surface area is 559 Å². The molecule has 0 N–H and O–H groups in total. The van der Waals surface area contributed by atoms with Crippen molar-refractivity contribution in [3.8, 4) is 0 Å². The summed E-state index contributed by atoms with van der Waals surface area (Å²) in [6.07, 6.45) is 81.7. The van der Waals surface area contributed by atoms with Crippen LogP contribution in [0.3, 0.4) is 0 Å². The second-order valence-corrected chi connectivity index (χ2v) is 28.0. The summed E-state index contributed by atoms with van der Waals surface area (Å²) in [4.78, 5) is 56.1. The molecule has 0 aliphatic heterocycles. The van der Waals surface area contributed by atoms with Crippen LogP contribution in [0.1, 0.15) is 431 Å². The molecule has 0 unspecified atom stereocenters. The van der Waals surface area contributed by atoms with Crippen molar-refractivity contribution in [1.29, 1.82) is 0 Å². The average molecular weight is 1250 g/mol. The Hall–Kier alpha value is -2.69. The second kappa shape index (κ2) is 81.4. The SMILES string of the molecule is CC(=O)CCCC(C)C.CCCCC/C=C\C/C=C\C/C=C\CCCCC(=O)C(C)C.CCCCCCCC/C=C\CCCCCCCC(=O)C(C)C.CCCCCCCCCCCC(=O)C(C)C.CCCCCCCCCCCCCCCC(=O)C(C)C. The van der Waals surface area contributed by atoms with Crippen molar-refractivity contribution in [2.45, 2.75) is 431 Å². The van der Waals surface area contributed by atoms with Crippen molar-refractivity contribution in [2.24, 2.45) is 29.6 Å². The number of carbonyl (C=O) groups excluding carboxylic acids is 5. The number of ketones is 5. The molecular weight excluding hydrogens is 1090 g/mol. The van der Waals surface area contributed by atoms with Crippen molar-refractivity contribution in [3.63, 3.8) is 0 Å². The highest BCUT2D eigenvalue weighted by atomic mass is 16.1. The van der Waals surface area contributed by atoms with Crippen LogP contribution in [0.2, 0.25) is 0 Å². The van der Waals surface area contributed by atoms with Crippen molar-refractivity contribution in [1.82, 2.24) is 0 Å². The highest BCUT2D eigenvalue weighted by Gasteiger charge is 2.09. The summed E-state index contributed by atoms with van der Waals surface area (Å²) in [6, 6.07) is 0. The molecule has 5 nitrogen and oxygen atoms in total. The zero-order chi connectivity index (χ0) is 67.5. The maximum Gasteiger partial charge on any atom is 0.135 e. The van der Waals surface area contributed by atoms with Crippen molar-refractivity contribution < 1.29 is 24.0 Å². The lowest BCUT2D eigenvalue weighted by atomic mass is 10.0. The standard InChI is InChI=1S/C21H40O.C21H36O.C19H38O.C15H30O.C8H16O/c2*1-4-5-6-7-8-9-10-11-12-13-14-15-16-17-18-19-21(22)20(2)3;1-4-5-6-7-8-9-10-11-12-13-14-15-16-17-19(20)18(2)3;1-4-5-6-7-8-9-10-11-12-13-15(16)14(2)3;1-7(2)5-4-6-8(3)9/h11-12,20H,4-10,13-19H2,1-3H3;8-9,11-12,14-15,20H,4-7,10,13,16-19H2,1-3H3;18H,4-17H2,1-3H3;14H,4-13H2,1-3H3;7H,4-6H2,1-3H3/b12-11-;9-8-,12-11-,15-14-;;;. The van der Waals surface area contributed by atoms with Gasteiger partial charge in [-0.05, 0) is 109 Å². The van der Waals surface area contributed by atoms with Gasteiger partial charge in [-0.25, -0.2) is 0 Å². The third-order valence-corrected chi connectivity index (χ3v) is 16.7. The first kappa shape index (κ1) is 95.0. The van der Waals surface area contributed by atoms with Gasteiger partial charge in [0.2, 0.25) is 0 Å². The van der Waals surface area contributed by atoms with Crippen molar-refractivity contribution >= 4 is 28.9 Å². The van der Waals surface area contributed by atoms with Crippen molar-refractivity contribution in [3.05, 3.63) is 48.6 Å². The van der Waals surface area contributed by atoms with E-state index in [0.717, 1.165) is 95.8 Å². The number of unbranched alkanes of at least 4 members (excludes halogenated alkanes) is 36. The van der Waals surface area contributed by atoms with E-state index in [0.29, 0.717) is 28.9 Å². The fourth-order valence-corrected chi connectivity index (χ4v) is 10.1. The highest BCUT2D eigenvalue weighted by Crippen LogP contribution is 2.17. The van der Waals surface area contributed by atoms with E-state index < -0.39 is 0 Å². The van der Waals surface area contributed by atoms with Gasteiger partial charge in [0.05, 0.1) is 0 Å². The Bertz CT molecular complexity index is 1570. The summed E-state index contributed by atoms with van der Waals surface area (Å²) in [6.45, 7) is 31.0. The van der Waals surface area contributed by atoms with Crippen LogP contribution in [0.25, 0.3) is 0 Å². The van der Waals surface area contributed by atoms with Gasteiger partial charge >= 0.3 is 0 Å². The number of rotatable bonds is 60. The van der Waals surface area contributed by atoms with E-state index in [1.807, 2.05) is 55.4 Å². The average Bonchev–Trinajstić information content (AvgIpc) is 3.50. The zero-order valence-electron chi connectivity index (χ0n) is 63.1. The molecule has 89 heavy (non-hydrogen) atoms. The van der Waals surface area contributed by atoms with Crippen LogP contribution in [-0.4, -0.2) is 28.9 Å². The van der Waals surface area contributed by atoms with E-state index in [1.54, 1.807) is 6.92 Å². The van der Waals surface area contributed by atoms with Gasteiger partial charge in [-0.15, -0.1) is 0 Å². The van der Waals surface area contributed by atoms with Gasteiger partial charge in [-0.1, -0.05) is 345 Å². The van der Waals surface area contributed by atoms with E-state index in [9.17, 15) is 24.0 Å². The van der Waals surface area contributed by atoms with Crippen LogP contribution in [0, 0.1) is 29.6 Å². The van der Waals surface area contributed by atoms with Crippen LogP contribution in [0.5, 0.6) is 0 Å². The molecular formula is C84H160O5. The predicted molar refractivity (Wildman–Crippen MR) is 400 cm³/mol. The molecule has 0 aromatic rings. The second-order valence-electron chi connectivity index (χ2n) is 28.0. The summed E-state index contributed by atoms with van der Waals surface area (Å²) in [5.41, 5.74) is 0. The van der Waals surface area contributed by atoms with Crippen LogP contribution >= 0.6 is 0 Å². The van der Waals surface area contributed by atoms with E-state index in [2.05, 4.69) is 90.2 Å². The summed E-state index contributed by atoms with van der Waals surface area (Å²) in [7, 11) is 0. The van der Waals surface area contributed by atoms with E-state index in [1.165, 1.54) is 238 Å². The fraction of sp³-hybridized carbons (Fsp3) is 0.845. The number of hydrogen-bond donors (Lipinski definition) is 0. The Morgan fingerprint density at radius 1 is 0.236 bits per heavy atom. The van der Waals surface area contributed by atoms with Gasteiger partial charge in [0.25, 0.3) is 0 Å². The fourth-order valence-electron chi connectivity index (χ4n) is 10.1. The molecule has 526 valence electrons. The third kappa shape index (κ3) is 94.1. The first-order valence-electron chi connectivity index (χ1n) is 39.1. The summed E-state index contributed by atoms with van der Waals surface area (Å²) in [5, 5.41) is 0. The Morgan fingerprint density at radius 2 is 0.427 bits per heavy atom. The molecule has 0 amide bonds. The first-order chi connectivity index (χ1) is 42.8. The molecule has 0 radical (unpaired) electrons. The van der Waals surface area contributed by atoms with Gasteiger partial charge in [0.15, 0.2) is 0 Å². The third-order valence-electron chi connectivity index (χ3n) is 16.7. The van der Waals surface area contributed by atoms with E-state index >= 15 is 0 Å². The van der Waals surface area contributed by atoms with Gasteiger partial charge in [-0.3, -0.25) is 19.2 Å². The lowest BCUT2D eigenvalue weighted by Crippen LogP contribution is -2.05. The number of allylic oxidation sites excluding steroid dienone is 8. The lowest BCUT2D eigenvalue weighted by molar-refractivity contribution is -0.122. The highest BCUT2D eigenvalue weighted by molar-refractivity contribution is 5.81. The summed E-state index contributed by atoms with van der Waals surface area (Å²) in [5.74, 6) is 3.63. The van der Waals surface area contributed by atoms with Crippen LogP contribution in [0.4, 0.5) is 0 Å². The molecule has 0 fully saturated rings. The number of Topliss-reactive ketones (excluding diaryl/α,β-unsaturated/α-hetero) is 5. The zero-order valence-corrected chi connectivity index (χ0v) is 63.1. The quantitative estimate of drug-likeness (QED) is 0.0447. The minimum atomic E-state index is 0.196. The minimum Gasteiger partial charge on any atom is -0.300 e. The molecule has 0 aromatic carbocycles. The normalized spacial score (nSPS) is 11.5. The molecule has 0 saturated carbocycles. The Morgan fingerprint density at radius 3 is 0.674 bits per heavy atom. The van der Waals surface area contributed by atoms with Gasteiger partial charge in [0.1, 0.15) is 28.9 Å². The maximum atomic E-state index is 11.5. The largest absolute Gasteiger partial charge is 0.300 e. The van der Waals surface area contributed by atoms with E-state index in [4.69, 9.17) is 0 Å². The molecule has 0 atom stereocenters. The molecule has 0 saturated heterocycles. The topological polar surface area (TPSA) is 85.3 Å². The van der Waals surface area contributed by atoms with Crippen molar-refractivity contribution in [2.75, 3.05) is 0 Å². The van der Waals surface area contributed by atoms with Gasteiger partial charge in [-0.2, -0.15) is 0 Å². The lowest BCUT2D eigenvalue weighted by Gasteiger charge is -2.04. The van der Waals surface area contributed by atoms with Crippen LogP contribution < -0.4 is 0 Å². The van der Waals surface area contributed by atoms with Gasteiger partial charge < -0.3 is 4.79 Å². The molecule has 0 bridgehead atoms. The Kier molecular flexibility index (Phi) is 86.9. The monoisotopic (exact) mass is 1250 g/mol. The minimum absolute atomic E-state index is 0.196. The molecule has 0 rings (SSSR count). The maximum absolute atomic E-state index is 11.5. The first-order valence-corrected chi connectivity index (χ1v) is 39.1. The predicted octanol–water partition coefficient (Wildman–Crippen LogP) is 28.3. The molecule has 0 heterocycles. The molecule has 0 aromatic heterocycles. The smallest absolute Gasteiger partial charge is 0.135 e.